The quantitative estimate of drug-likeness (QED) is 0.815. The first-order valence-electron chi connectivity index (χ1n) is 6.66. The third-order valence-electron chi connectivity index (χ3n) is 3.33. The van der Waals surface area contributed by atoms with Crippen LogP contribution in [0.15, 0.2) is 10.6 Å². The number of anilines is 1. The minimum Gasteiger partial charge on any atom is -0.469 e. The van der Waals surface area contributed by atoms with E-state index in [4.69, 9.17) is 4.52 Å². The average molecular weight is 281 g/mol. The first-order chi connectivity index (χ1) is 9.60. The molecule has 1 aromatic heterocycles. The van der Waals surface area contributed by atoms with Crippen LogP contribution in [0.3, 0.4) is 0 Å². The molecule has 20 heavy (non-hydrogen) atoms. The summed E-state index contributed by atoms with van der Waals surface area (Å²) >= 11 is 0. The van der Waals surface area contributed by atoms with Gasteiger partial charge in [0.2, 0.25) is 5.91 Å². The van der Waals surface area contributed by atoms with Crippen LogP contribution in [0.5, 0.6) is 0 Å². The molecule has 7 nitrogen and oxygen atoms in total. The Morgan fingerprint density at radius 2 is 2.40 bits per heavy atom. The number of amides is 1. The standard InChI is InChI=1S/C13H19N3O4/c1-9(17)16-7-3-4-12(16)14-11-8-10(20-15-11)5-6-13(18)19-2/h8,12H,3-7H2,1-2H3,(H,14,15)/t12-/m1/s1. The Bertz CT molecular complexity index is 486. The fourth-order valence-corrected chi connectivity index (χ4v) is 2.29. The molecule has 1 atom stereocenters. The first-order valence-corrected chi connectivity index (χ1v) is 6.66. The molecule has 7 heteroatoms. The molecule has 0 saturated carbocycles. The second kappa shape index (κ2) is 6.40. The van der Waals surface area contributed by atoms with Crippen LogP contribution in [0.1, 0.15) is 31.9 Å². The van der Waals surface area contributed by atoms with Crippen LogP contribution in [0.4, 0.5) is 5.82 Å². The molecule has 1 aliphatic heterocycles. The summed E-state index contributed by atoms with van der Waals surface area (Å²) in [5, 5.41) is 7.08. The molecule has 110 valence electrons. The Labute approximate surface area is 117 Å². The van der Waals surface area contributed by atoms with Crippen molar-refractivity contribution in [3.8, 4) is 0 Å². The van der Waals surface area contributed by atoms with E-state index in [0.29, 0.717) is 18.0 Å². The van der Waals surface area contributed by atoms with Gasteiger partial charge in [-0.05, 0) is 12.8 Å². The van der Waals surface area contributed by atoms with E-state index in [-0.39, 0.29) is 24.5 Å². The van der Waals surface area contributed by atoms with Crippen LogP contribution in [0, 0.1) is 0 Å². The molecular formula is C13H19N3O4. The van der Waals surface area contributed by atoms with Crippen LogP contribution in [0.25, 0.3) is 0 Å². The Hall–Kier alpha value is -2.05. The highest BCUT2D eigenvalue weighted by atomic mass is 16.5. The van der Waals surface area contributed by atoms with E-state index in [9.17, 15) is 9.59 Å². The number of nitrogens with zero attached hydrogens (tertiary/aromatic N) is 2. The third kappa shape index (κ3) is 3.49. The molecule has 1 aliphatic rings. The molecular weight excluding hydrogens is 262 g/mol. The van der Waals surface area contributed by atoms with Gasteiger partial charge in [0, 0.05) is 26.0 Å². The molecule has 2 heterocycles. The van der Waals surface area contributed by atoms with Crippen molar-refractivity contribution in [2.45, 2.75) is 38.8 Å². The summed E-state index contributed by atoms with van der Waals surface area (Å²) in [6.07, 6.45) is 2.54. The summed E-state index contributed by atoms with van der Waals surface area (Å²) in [5.74, 6) is 0.970. The van der Waals surface area contributed by atoms with Gasteiger partial charge in [-0.15, -0.1) is 0 Å². The lowest BCUT2D eigenvalue weighted by Gasteiger charge is -2.23. The fourth-order valence-electron chi connectivity index (χ4n) is 2.29. The molecule has 1 N–H and O–H groups in total. The number of aryl methyl sites for hydroxylation is 1. The number of likely N-dealkylation sites (tertiary alicyclic amines) is 1. The molecule has 2 rings (SSSR count). The Kier molecular flexibility index (Phi) is 4.60. The summed E-state index contributed by atoms with van der Waals surface area (Å²) in [6.45, 7) is 2.32. The van der Waals surface area contributed by atoms with Gasteiger partial charge in [0.15, 0.2) is 5.82 Å². The lowest BCUT2D eigenvalue weighted by atomic mass is 10.2. The number of carbonyl (C=O) groups excluding carboxylic acids is 2. The van der Waals surface area contributed by atoms with Crippen LogP contribution in [-0.2, 0) is 20.7 Å². The number of rotatable bonds is 5. The highest BCUT2D eigenvalue weighted by molar-refractivity contribution is 5.74. The van der Waals surface area contributed by atoms with Crippen molar-refractivity contribution in [2.75, 3.05) is 19.0 Å². The van der Waals surface area contributed by atoms with Crippen molar-refractivity contribution >= 4 is 17.7 Å². The van der Waals surface area contributed by atoms with Crippen molar-refractivity contribution in [1.29, 1.82) is 0 Å². The van der Waals surface area contributed by atoms with Crippen molar-refractivity contribution < 1.29 is 18.8 Å². The SMILES string of the molecule is COC(=O)CCc1cc(N[C@H]2CCCN2C(C)=O)no1. The maximum atomic E-state index is 11.5. The third-order valence-corrected chi connectivity index (χ3v) is 3.33. The van der Waals surface area contributed by atoms with Crippen LogP contribution in [-0.4, -0.2) is 41.8 Å². The Morgan fingerprint density at radius 3 is 3.10 bits per heavy atom. The fraction of sp³-hybridized carbons (Fsp3) is 0.615. The van der Waals surface area contributed by atoms with E-state index in [1.807, 2.05) is 0 Å². The highest BCUT2D eigenvalue weighted by Gasteiger charge is 2.26. The van der Waals surface area contributed by atoms with Gasteiger partial charge >= 0.3 is 5.97 Å². The number of hydrogen-bond acceptors (Lipinski definition) is 6. The molecule has 0 aliphatic carbocycles. The number of ether oxygens (including phenoxy) is 1. The largest absolute Gasteiger partial charge is 0.469 e. The van der Waals surface area contributed by atoms with Gasteiger partial charge in [0.05, 0.1) is 13.5 Å². The molecule has 0 unspecified atom stereocenters. The van der Waals surface area contributed by atoms with Crippen molar-refractivity contribution in [1.82, 2.24) is 10.1 Å². The van der Waals surface area contributed by atoms with E-state index in [1.54, 1.807) is 17.9 Å². The summed E-state index contributed by atoms with van der Waals surface area (Å²) in [6, 6.07) is 1.75. The van der Waals surface area contributed by atoms with E-state index in [0.717, 1.165) is 19.4 Å². The van der Waals surface area contributed by atoms with Gasteiger partial charge in [-0.1, -0.05) is 5.16 Å². The van der Waals surface area contributed by atoms with E-state index >= 15 is 0 Å². The van der Waals surface area contributed by atoms with Crippen LogP contribution in [0.2, 0.25) is 0 Å². The number of hydrogen-bond donors (Lipinski definition) is 1. The van der Waals surface area contributed by atoms with Gasteiger partial charge in [-0.3, -0.25) is 9.59 Å². The molecule has 0 aromatic carbocycles. The van der Waals surface area contributed by atoms with Crippen LogP contribution >= 0.6 is 0 Å². The van der Waals surface area contributed by atoms with Gasteiger partial charge in [-0.25, -0.2) is 0 Å². The maximum Gasteiger partial charge on any atom is 0.305 e. The summed E-state index contributed by atoms with van der Waals surface area (Å²) in [4.78, 5) is 24.3. The zero-order chi connectivity index (χ0) is 14.5. The molecule has 0 bridgehead atoms. The molecule has 0 radical (unpaired) electrons. The van der Waals surface area contributed by atoms with Crippen molar-refractivity contribution in [3.63, 3.8) is 0 Å². The minimum absolute atomic E-state index is 0.0361. The summed E-state index contributed by atoms with van der Waals surface area (Å²) in [5.41, 5.74) is 0. The van der Waals surface area contributed by atoms with Crippen LogP contribution < -0.4 is 5.32 Å². The molecule has 0 spiro atoms. The van der Waals surface area contributed by atoms with Crippen molar-refractivity contribution in [3.05, 3.63) is 11.8 Å². The van der Waals surface area contributed by atoms with E-state index in [1.165, 1.54) is 7.11 Å². The second-order valence-corrected chi connectivity index (χ2v) is 4.77. The van der Waals surface area contributed by atoms with Gasteiger partial charge < -0.3 is 19.5 Å². The smallest absolute Gasteiger partial charge is 0.305 e. The van der Waals surface area contributed by atoms with Crippen molar-refractivity contribution in [2.24, 2.45) is 0 Å². The molecule has 1 amide bonds. The number of esters is 1. The molecule has 1 aromatic rings. The Balaban J connectivity index is 1.89. The zero-order valence-corrected chi connectivity index (χ0v) is 11.7. The van der Waals surface area contributed by atoms with E-state index < -0.39 is 0 Å². The average Bonchev–Trinajstić information content (AvgIpc) is 3.05. The highest BCUT2D eigenvalue weighted by Crippen LogP contribution is 2.20. The zero-order valence-electron chi connectivity index (χ0n) is 11.7. The number of carbonyl (C=O) groups is 2. The topological polar surface area (TPSA) is 84.7 Å². The normalized spacial score (nSPS) is 18.1. The number of aromatic nitrogens is 1. The predicted octanol–water partition coefficient (Wildman–Crippen LogP) is 1.16. The second-order valence-electron chi connectivity index (χ2n) is 4.77. The summed E-state index contributed by atoms with van der Waals surface area (Å²) in [7, 11) is 1.35. The number of nitrogens with one attached hydrogen (secondary N) is 1. The molecule has 1 fully saturated rings. The van der Waals surface area contributed by atoms with Gasteiger partial charge in [0.25, 0.3) is 0 Å². The molecule has 1 saturated heterocycles. The van der Waals surface area contributed by atoms with E-state index in [2.05, 4.69) is 15.2 Å². The number of methoxy groups -OCH3 is 1. The lowest BCUT2D eigenvalue weighted by Crippen LogP contribution is -2.38. The Morgan fingerprint density at radius 1 is 1.60 bits per heavy atom. The maximum absolute atomic E-state index is 11.5. The monoisotopic (exact) mass is 281 g/mol. The predicted molar refractivity (Wildman–Crippen MR) is 70.9 cm³/mol. The first kappa shape index (κ1) is 14.4. The van der Waals surface area contributed by atoms with Gasteiger partial charge in [-0.2, -0.15) is 0 Å². The summed E-state index contributed by atoms with van der Waals surface area (Å²) < 4.78 is 9.71. The van der Waals surface area contributed by atoms with Gasteiger partial charge in [0.1, 0.15) is 11.9 Å². The minimum atomic E-state index is -0.283. The lowest BCUT2D eigenvalue weighted by molar-refractivity contribution is -0.140.